The molecule has 10 heteroatoms. The molecule has 10 nitrogen and oxygen atoms in total. The number of aryl methyl sites for hydroxylation is 2. The van der Waals surface area contributed by atoms with Crippen molar-refractivity contribution in [1.82, 2.24) is 25.1 Å². The van der Waals surface area contributed by atoms with Crippen LogP contribution in [0.5, 0.6) is 0 Å². The standard InChI is InChI=1S/C26H37N7O3/c1-7-21-17(2)29-25(23(31-21)24(27)35)30-20-11-8-10-19(16-20)13-14-28-26(36)18(3)33(6)22(34)12-9-15-32(4)5/h8-12,16,18H,7,13-15H2,1-6H3,(H2,27,35)(H,28,36)(H,29,30)/b12-9+/t18-/m1/s1. The highest BCUT2D eigenvalue weighted by atomic mass is 16.2. The molecule has 0 unspecified atom stereocenters. The fourth-order valence-corrected chi connectivity index (χ4v) is 3.42. The minimum absolute atomic E-state index is 0.0966. The summed E-state index contributed by atoms with van der Waals surface area (Å²) in [6.07, 6.45) is 4.47. The van der Waals surface area contributed by atoms with E-state index in [2.05, 4.69) is 20.6 Å². The van der Waals surface area contributed by atoms with Gasteiger partial charge in [-0.3, -0.25) is 14.4 Å². The summed E-state index contributed by atoms with van der Waals surface area (Å²) < 4.78 is 0. The molecule has 36 heavy (non-hydrogen) atoms. The Kier molecular flexibility index (Phi) is 10.5. The van der Waals surface area contributed by atoms with Gasteiger partial charge in [-0.1, -0.05) is 25.1 Å². The molecule has 0 fully saturated rings. The van der Waals surface area contributed by atoms with Gasteiger partial charge in [0.15, 0.2) is 11.5 Å². The van der Waals surface area contributed by atoms with E-state index in [0.717, 1.165) is 22.6 Å². The van der Waals surface area contributed by atoms with Crippen LogP contribution in [0.2, 0.25) is 0 Å². The Morgan fingerprint density at radius 2 is 1.89 bits per heavy atom. The number of anilines is 2. The van der Waals surface area contributed by atoms with E-state index in [9.17, 15) is 14.4 Å². The van der Waals surface area contributed by atoms with Crippen LogP contribution in [-0.4, -0.2) is 77.8 Å². The normalized spacial score (nSPS) is 12.0. The quantitative estimate of drug-likeness (QED) is 0.382. The Morgan fingerprint density at radius 1 is 1.17 bits per heavy atom. The van der Waals surface area contributed by atoms with Gasteiger partial charge in [-0.15, -0.1) is 0 Å². The van der Waals surface area contributed by atoms with Gasteiger partial charge in [0.1, 0.15) is 6.04 Å². The molecule has 0 aliphatic carbocycles. The van der Waals surface area contributed by atoms with Gasteiger partial charge in [-0.05, 0) is 58.5 Å². The van der Waals surface area contributed by atoms with Gasteiger partial charge in [0.25, 0.3) is 5.91 Å². The van der Waals surface area contributed by atoms with Gasteiger partial charge in [0, 0.05) is 31.9 Å². The number of carbonyl (C=O) groups excluding carboxylic acids is 3. The van der Waals surface area contributed by atoms with Crippen molar-refractivity contribution in [2.75, 3.05) is 39.5 Å². The molecule has 194 valence electrons. The smallest absolute Gasteiger partial charge is 0.271 e. The monoisotopic (exact) mass is 495 g/mol. The second-order valence-corrected chi connectivity index (χ2v) is 8.83. The van der Waals surface area contributed by atoms with Crippen molar-refractivity contribution < 1.29 is 14.4 Å². The molecule has 2 rings (SSSR count). The highest BCUT2D eigenvalue weighted by molar-refractivity contribution is 5.96. The van der Waals surface area contributed by atoms with Crippen LogP contribution in [0, 0.1) is 6.92 Å². The van der Waals surface area contributed by atoms with Crippen LogP contribution in [-0.2, 0) is 22.4 Å². The maximum Gasteiger partial charge on any atom is 0.271 e. The minimum atomic E-state index is -0.649. The summed E-state index contributed by atoms with van der Waals surface area (Å²) in [5.41, 5.74) is 8.76. The molecule has 0 saturated carbocycles. The van der Waals surface area contributed by atoms with Crippen LogP contribution in [0.25, 0.3) is 0 Å². The lowest BCUT2D eigenvalue weighted by atomic mass is 10.1. The average molecular weight is 496 g/mol. The largest absolute Gasteiger partial charge is 0.364 e. The summed E-state index contributed by atoms with van der Waals surface area (Å²) in [5, 5.41) is 6.02. The summed E-state index contributed by atoms with van der Waals surface area (Å²) in [6, 6.07) is 6.98. The SMILES string of the molecule is CCc1nc(C(N)=O)c(Nc2cccc(CCNC(=O)[C@@H](C)N(C)C(=O)/C=C/CN(C)C)c2)nc1C. The number of hydrogen-bond acceptors (Lipinski definition) is 7. The van der Waals surface area contributed by atoms with Gasteiger partial charge in [0.2, 0.25) is 11.8 Å². The number of benzene rings is 1. The molecule has 3 amide bonds. The van der Waals surface area contributed by atoms with Gasteiger partial charge in [0.05, 0.1) is 11.4 Å². The summed E-state index contributed by atoms with van der Waals surface area (Å²) >= 11 is 0. The van der Waals surface area contributed by atoms with E-state index in [1.807, 2.05) is 57.1 Å². The number of carbonyl (C=O) groups is 3. The number of likely N-dealkylation sites (N-methyl/N-ethyl adjacent to an activating group) is 2. The maximum absolute atomic E-state index is 12.5. The Balaban J connectivity index is 1.97. The molecule has 0 saturated heterocycles. The molecule has 2 aromatic rings. The molecule has 1 heterocycles. The van der Waals surface area contributed by atoms with Crippen LogP contribution < -0.4 is 16.4 Å². The molecule has 1 aromatic heterocycles. The first-order valence-electron chi connectivity index (χ1n) is 11.9. The lowest BCUT2D eigenvalue weighted by Gasteiger charge is -2.23. The predicted octanol–water partition coefficient (Wildman–Crippen LogP) is 1.81. The zero-order valence-electron chi connectivity index (χ0n) is 22.0. The van der Waals surface area contributed by atoms with Crippen LogP contribution in [0.3, 0.4) is 0 Å². The van der Waals surface area contributed by atoms with Gasteiger partial charge in [-0.2, -0.15) is 0 Å². The fraction of sp³-hybridized carbons (Fsp3) is 0.423. The van der Waals surface area contributed by atoms with E-state index in [4.69, 9.17) is 5.73 Å². The van der Waals surface area contributed by atoms with E-state index in [-0.39, 0.29) is 17.5 Å². The number of rotatable bonds is 12. The highest BCUT2D eigenvalue weighted by Gasteiger charge is 2.20. The van der Waals surface area contributed by atoms with Crippen molar-refractivity contribution in [2.24, 2.45) is 5.73 Å². The molecule has 0 aliphatic heterocycles. The van der Waals surface area contributed by atoms with Crippen molar-refractivity contribution in [2.45, 2.75) is 39.7 Å². The summed E-state index contributed by atoms with van der Waals surface area (Å²) in [5.74, 6) is -0.791. The second-order valence-electron chi connectivity index (χ2n) is 8.83. The van der Waals surface area contributed by atoms with Gasteiger partial charge in [-0.25, -0.2) is 9.97 Å². The van der Waals surface area contributed by atoms with E-state index in [1.54, 1.807) is 20.0 Å². The first-order chi connectivity index (χ1) is 17.0. The molecule has 4 N–H and O–H groups in total. The van der Waals surface area contributed by atoms with E-state index in [1.165, 1.54) is 11.0 Å². The molecule has 1 aromatic carbocycles. The lowest BCUT2D eigenvalue weighted by Crippen LogP contribution is -2.45. The Bertz CT molecular complexity index is 1110. The molecule has 0 spiro atoms. The van der Waals surface area contributed by atoms with E-state index < -0.39 is 11.9 Å². The van der Waals surface area contributed by atoms with Gasteiger partial charge < -0.3 is 26.2 Å². The van der Waals surface area contributed by atoms with Crippen molar-refractivity contribution in [1.29, 1.82) is 0 Å². The topological polar surface area (TPSA) is 134 Å². The minimum Gasteiger partial charge on any atom is -0.364 e. The molecule has 0 aliphatic rings. The Hall–Kier alpha value is -3.79. The summed E-state index contributed by atoms with van der Waals surface area (Å²) in [7, 11) is 5.44. The van der Waals surface area contributed by atoms with Crippen molar-refractivity contribution in [3.8, 4) is 0 Å². The third-order valence-corrected chi connectivity index (χ3v) is 5.68. The maximum atomic E-state index is 12.5. The van der Waals surface area contributed by atoms with Crippen LogP contribution in [0.4, 0.5) is 11.5 Å². The summed E-state index contributed by atoms with van der Waals surface area (Å²) in [4.78, 5) is 48.9. The van der Waals surface area contributed by atoms with Gasteiger partial charge >= 0.3 is 0 Å². The molecular weight excluding hydrogens is 458 g/mol. The molecule has 1 atom stereocenters. The third-order valence-electron chi connectivity index (χ3n) is 5.68. The number of hydrogen-bond donors (Lipinski definition) is 3. The van der Waals surface area contributed by atoms with Crippen molar-refractivity contribution in [3.05, 3.63) is 59.1 Å². The lowest BCUT2D eigenvalue weighted by molar-refractivity contribution is -0.135. The van der Waals surface area contributed by atoms with Crippen LogP contribution >= 0.6 is 0 Å². The second kappa shape index (κ2) is 13.3. The first-order valence-corrected chi connectivity index (χ1v) is 11.9. The number of aromatic nitrogens is 2. The molecular formula is C26H37N7O3. The van der Waals surface area contributed by atoms with Crippen molar-refractivity contribution in [3.63, 3.8) is 0 Å². The zero-order chi connectivity index (χ0) is 26.8. The fourth-order valence-electron chi connectivity index (χ4n) is 3.42. The third kappa shape index (κ3) is 8.16. The first kappa shape index (κ1) is 28.4. The van der Waals surface area contributed by atoms with E-state index >= 15 is 0 Å². The number of nitrogens with one attached hydrogen (secondary N) is 2. The van der Waals surface area contributed by atoms with Crippen LogP contribution in [0.15, 0.2) is 36.4 Å². The predicted molar refractivity (Wildman–Crippen MR) is 141 cm³/mol. The molecule has 0 radical (unpaired) electrons. The highest BCUT2D eigenvalue weighted by Crippen LogP contribution is 2.20. The zero-order valence-corrected chi connectivity index (χ0v) is 22.0. The summed E-state index contributed by atoms with van der Waals surface area (Å²) in [6.45, 7) is 6.53. The number of primary amides is 1. The average Bonchev–Trinajstić information content (AvgIpc) is 2.82. The Morgan fingerprint density at radius 3 is 2.53 bits per heavy atom. The van der Waals surface area contributed by atoms with Crippen molar-refractivity contribution >= 4 is 29.2 Å². The van der Waals surface area contributed by atoms with E-state index in [0.29, 0.717) is 31.7 Å². The number of nitrogens with two attached hydrogens (primary N) is 1. The Labute approximate surface area is 213 Å². The number of amides is 3. The molecule has 0 bridgehead atoms. The number of nitrogens with zero attached hydrogens (tertiary/aromatic N) is 4. The van der Waals surface area contributed by atoms with Crippen LogP contribution in [0.1, 0.15) is 41.3 Å².